The van der Waals surface area contributed by atoms with Gasteiger partial charge in [0.25, 0.3) is 5.56 Å². The Morgan fingerprint density at radius 1 is 1.05 bits per heavy atom. The number of halogens is 1. The van der Waals surface area contributed by atoms with Crippen LogP contribution >= 0.6 is 11.6 Å². The number of ketones is 1. The van der Waals surface area contributed by atoms with Crippen molar-refractivity contribution < 1.29 is 4.79 Å². The van der Waals surface area contributed by atoms with Crippen molar-refractivity contribution in [2.24, 2.45) is 0 Å². The van der Waals surface area contributed by atoms with E-state index in [-0.39, 0.29) is 5.78 Å². The molecule has 4 nitrogen and oxygen atoms in total. The predicted octanol–water partition coefficient (Wildman–Crippen LogP) is 3.30. The number of nitrogens with zero attached hydrogens (tertiary/aromatic N) is 2. The number of hydrogen-bond donors (Lipinski definition) is 0. The molecule has 0 N–H and O–H groups in total. The fourth-order valence-electron chi connectivity index (χ4n) is 2.97. The Bertz CT molecular complexity index is 977. The van der Waals surface area contributed by atoms with Gasteiger partial charge in [0.2, 0.25) is 0 Å². The first-order valence-electron chi connectivity index (χ1n) is 6.98. The molecule has 0 radical (unpaired) electrons. The van der Waals surface area contributed by atoms with Crippen LogP contribution in [-0.2, 0) is 6.54 Å². The minimum atomic E-state index is -0.397. The summed E-state index contributed by atoms with van der Waals surface area (Å²) < 4.78 is 1.93. The van der Waals surface area contributed by atoms with Crippen molar-refractivity contribution in [2.75, 3.05) is 0 Å². The predicted molar refractivity (Wildman–Crippen MR) is 85.4 cm³/mol. The molecule has 22 heavy (non-hydrogen) atoms. The maximum Gasteiger partial charge on any atom is 0.282 e. The molecule has 0 amide bonds. The first kappa shape index (κ1) is 13.2. The zero-order chi connectivity index (χ0) is 15.3. The highest BCUT2D eigenvalue weighted by molar-refractivity contribution is 6.36. The summed E-state index contributed by atoms with van der Waals surface area (Å²) >= 11 is 6.17. The summed E-state index contributed by atoms with van der Waals surface area (Å²) in [5.74, 6) is 0.611. The molecule has 1 aliphatic heterocycles. The topological polar surface area (TPSA) is 52.0 Å². The van der Waals surface area contributed by atoms with Crippen molar-refractivity contribution in [3.8, 4) is 11.4 Å². The van der Waals surface area contributed by atoms with Crippen LogP contribution in [0.5, 0.6) is 0 Å². The maximum absolute atomic E-state index is 12.4. The fourth-order valence-corrected chi connectivity index (χ4v) is 3.20. The van der Waals surface area contributed by atoms with E-state index in [1.54, 1.807) is 12.1 Å². The van der Waals surface area contributed by atoms with E-state index in [0.29, 0.717) is 40.3 Å². The summed E-state index contributed by atoms with van der Waals surface area (Å²) in [5.41, 5.74) is 1.60. The zero-order valence-electron chi connectivity index (χ0n) is 11.5. The number of Topliss-reactive ketones (excluding diaryl/α,β-unsaturated/α-hetero) is 1. The summed E-state index contributed by atoms with van der Waals surface area (Å²) in [5, 5.41) is 0.659. The Kier molecular flexibility index (Phi) is 2.87. The van der Waals surface area contributed by atoms with E-state index < -0.39 is 5.56 Å². The zero-order valence-corrected chi connectivity index (χ0v) is 12.3. The van der Waals surface area contributed by atoms with Gasteiger partial charge in [0.1, 0.15) is 5.82 Å². The van der Waals surface area contributed by atoms with Crippen LogP contribution in [0.15, 0.2) is 47.3 Å². The quantitative estimate of drug-likeness (QED) is 0.693. The van der Waals surface area contributed by atoms with Gasteiger partial charge in [0, 0.05) is 24.1 Å². The molecule has 5 heteroatoms. The molecule has 0 aliphatic carbocycles. The first-order valence-corrected chi connectivity index (χ1v) is 7.36. The van der Waals surface area contributed by atoms with Crippen LogP contribution in [0, 0.1) is 0 Å². The molecule has 0 fully saturated rings. The lowest BCUT2D eigenvalue weighted by Crippen LogP contribution is -2.23. The van der Waals surface area contributed by atoms with E-state index in [1.807, 2.05) is 34.9 Å². The molecule has 3 aromatic rings. The molecule has 0 bridgehead atoms. The highest BCUT2D eigenvalue weighted by atomic mass is 35.5. The van der Waals surface area contributed by atoms with Crippen LogP contribution in [0.2, 0.25) is 5.02 Å². The molecule has 2 heterocycles. The third kappa shape index (κ3) is 1.81. The fraction of sp³-hybridized carbons (Fsp3) is 0.118. The smallest absolute Gasteiger partial charge is 0.282 e. The van der Waals surface area contributed by atoms with E-state index in [1.165, 1.54) is 0 Å². The number of aromatic nitrogens is 2. The summed E-state index contributed by atoms with van der Waals surface area (Å²) in [6, 6.07) is 12.8. The third-order valence-electron chi connectivity index (χ3n) is 3.97. The van der Waals surface area contributed by atoms with Gasteiger partial charge >= 0.3 is 0 Å². The van der Waals surface area contributed by atoms with Crippen molar-refractivity contribution in [1.82, 2.24) is 9.55 Å². The molecular weight excluding hydrogens is 300 g/mol. The maximum atomic E-state index is 12.4. The number of carbonyl (C=O) groups excluding carboxylic acids is 1. The highest BCUT2D eigenvalue weighted by Gasteiger charge is 2.24. The van der Waals surface area contributed by atoms with Crippen molar-refractivity contribution in [3.05, 3.63) is 63.4 Å². The van der Waals surface area contributed by atoms with Crippen molar-refractivity contribution in [1.29, 1.82) is 0 Å². The second-order valence-corrected chi connectivity index (χ2v) is 5.66. The second kappa shape index (κ2) is 4.78. The third-order valence-corrected chi connectivity index (χ3v) is 4.28. The van der Waals surface area contributed by atoms with E-state index in [9.17, 15) is 9.59 Å². The van der Waals surface area contributed by atoms with Gasteiger partial charge in [0.15, 0.2) is 5.78 Å². The number of benzene rings is 2. The lowest BCUT2D eigenvalue weighted by Gasteiger charge is -2.22. The first-order chi connectivity index (χ1) is 10.7. The number of carbonyl (C=O) groups is 1. The minimum Gasteiger partial charge on any atom is -0.324 e. The summed E-state index contributed by atoms with van der Waals surface area (Å²) in [4.78, 5) is 28.8. The molecule has 4 rings (SSSR count). The Hall–Kier alpha value is -2.46. The number of aryl methyl sites for hydroxylation is 1. The standard InChI is InChI=1S/C17H11ClN2O2/c18-12-7-6-11-13(21)8-9-20-15(11)14(12)17(22)19-16(20)10-4-2-1-3-5-10/h1-7H,8-9H2. The average molecular weight is 311 g/mol. The average Bonchev–Trinajstić information content (AvgIpc) is 2.54. The van der Waals surface area contributed by atoms with Crippen LogP contribution < -0.4 is 5.56 Å². The molecule has 108 valence electrons. The molecule has 0 spiro atoms. The molecular formula is C17H11ClN2O2. The Balaban J connectivity index is 2.20. The van der Waals surface area contributed by atoms with Gasteiger partial charge in [-0.25, -0.2) is 0 Å². The van der Waals surface area contributed by atoms with E-state index in [0.717, 1.165) is 5.56 Å². The molecule has 0 saturated carbocycles. The number of hydrogen-bond acceptors (Lipinski definition) is 3. The second-order valence-electron chi connectivity index (χ2n) is 5.25. The molecule has 0 unspecified atom stereocenters. The lowest BCUT2D eigenvalue weighted by atomic mass is 10.00. The summed E-state index contributed by atoms with van der Waals surface area (Å²) in [7, 11) is 0. The van der Waals surface area contributed by atoms with Gasteiger partial charge in [0.05, 0.1) is 15.9 Å². The van der Waals surface area contributed by atoms with E-state index >= 15 is 0 Å². The van der Waals surface area contributed by atoms with Crippen LogP contribution in [0.4, 0.5) is 0 Å². The lowest BCUT2D eigenvalue weighted by molar-refractivity contribution is 0.0973. The van der Waals surface area contributed by atoms with Gasteiger partial charge in [-0.1, -0.05) is 41.9 Å². The van der Waals surface area contributed by atoms with E-state index in [4.69, 9.17) is 11.6 Å². The van der Waals surface area contributed by atoms with Crippen molar-refractivity contribution in [3.63, 3.8) is 0 Å². The molecule has 0 saturated heterocycles. The van der Waals surface area contributed by atoms with E-state index in [2.05, 4.69) is 4.98 Å². The van der Waals surface area contributed by atoms with Crippen LogP contribution in [-0.4, -0.2) is 15.3 Å². The highest BCUT2D eigenvalue weighted by Crippen LogP contribution is 2.31. The molecule has 2 aromatic carbocycles. The van der Waals surface area contributed by atoms with Gasteiger partial charge in [-0.3, -0.25) is 9.59 Å². The largest absolute Gasteiger partial charge is 0.324 e. The Labute approximate surface area is 131 Å². The van der Waals surface area contributed by atoms with Crippen LogP contribution in [0.3, 0.4) is 0 Å². The van der Waals surface area contributed by atoms with Crippen LogP contribution in [0.1, 0.15) is 16.8 Å². The van der Waals surface area contributed by atoms with Crippen molar-refractivity contribution in [2.45, 2.75) is 13.0 Å². The SMILES string of the molecule is O=C1CCn2c(-c3ccccc3)nc(=O)c3c(Cl)ccc1c32. The van der Waals surface area contributed by atoms with Gasteiger partial charge in [-0.15, -0.1) is 0 Å². The van der Waals surface area contributed by atoms with Gasteiger partial charge < -0.3 is 4.57 Å². The Morgan fingerprint density at radius 3 is 2.59 bits per heavy atom. The normalized spacial score (nSPS) is 13.6. The molecule has 1 aromatic heterocycles. The minimum absolute atomic E-state index is 0.0336. The summed E-state index contributed by atoms with van der Waals surface area (Å²) in [6.07, 6.45) is 0.397. The number of rotatable bonds is 1. The summed E-state index contributed by atoms with van der Waals surface area (Å²) in [6.45, 7) is 0.500. The molecule has 1 aliphatic rings. The van der Waals surface area contributed by atoms with Crippen molar-refractivity contribution >= 4 is 28.3 Å². The monoisotopic (exact) mass is 310 g/mol. The Morgan fingerprint density at radius 2 is 1.82 bits per heavy atom. The van der Waals surface area contributed by atoms with Gasteiger partial charge in [-0.05, 0) is 12.1 Å². The van der Waals surface area contributed by atoms with Gasteiger partial charge in [-0.2, -0.15) is 4.98 Å². The molecule has 0 atom stereocenters. The van der Waals surface area contributed by atoms with Crippen LogP contribution in [0.25, 0.3) is 22.3 Å².